The van der Waals surface area contributed by atoms with Crippen LogP contribution in [0, 0.1) is 5.92 Å². The Morgan fingerprint density at radius 1 is 1.38 bits per heavy atom. The molecule has 0 aromatic heterocycles. The summed E-state index contributed by atoms with van der Waals surface area (Å²) in [5, 5.41) is 7.56. The first-order valence-electron chi connectivity index (χ1n) is 7.85. The molecule has 0 radical (unpaired) electrons. The Kier molecular flexibility index (Phi) is 13.0. The van der Waals surface area contributed by atoms with Gasteiger partial charge in [0.1, 0.15) is 0 Å². The van der Waals surface area contributed by atoms with Gasteiger partial charge >= 0.3 is 0 Å². The number of guanidine groups is 1. The molecular formula is C15H32IN3OS. The zero-order valence-electron chi connectivity index (χ0n) is 13.9. The highest BCUT2D eigenvalue weighted by Gasteiger charge is 2.16. The third-order valence-electron chi connectivity index (χ3n) is 3.59. The summed E-state index contributed by atoms with van der Waals surface area (Å²) in [5.74, 6) is 2.78. The van der Waals surface area contributed by atoms with Crippen molar-refractivity contribution in [2.24, 2.45) is 10.9 Å². The molecule has 2 atom stereocenters. The second kappa shape index (κ2) is 12.8. The van der Waals surface area contributed by atoms with Crippen LogP contribution in [0.4, 0.5) is 0 Å². The lowest BCUT2D eigenvalue weighted by Crippen LogP contribution is -2.41. The van der Waals surface area contributed by atoms with Gasteiger partial charge in [-0.25, -0.2) is 0 Å². The fourth-order valence-electron chi connectivity index (χ4n) is 2.39. The predicted octanol–water partition coefficient (Wildman–Crippen LogP) is 3.12. The quantitative estimate of drug-likeness (QED) is 0.354. The van der Waals surface area contributed by atoms with Crippen molar-refractivity contribution in [3.63, 3.8) is 0 Å². The number of nitrogens with one attached hydrogen (secondary N) is 2. The molecule has 126 valence electrons. The molecule has 1 aliphatic rings. The van der Waals surface area contributed by atoms with Crippen LogP contribution >= 0.6 is 35.7 Å². The van der Waals surface area contributed by atoms with Crippen LogP contribution in [-0.4, -0.2) is 49.8 Å². The summed E-state index contributed by atoms with van der Waals surface area (Å²) in [6.07, 6.45) is 4.03. The summed E-state index contributed by atoms with van der Waals surface area (Å²) in [4.78, 5) is 4.28. The maximum absolute atomic E-state index is 5.76. The van der Waals surface area contributed by atoms with E-state index in [-0.39, 0.29) is 24.0 Å². The lowest BCUT2D eigenvalue weighted by molar-refractivity contribution is 0.0258. The van der Waals surface area contributed by atoms with Crippen LogP contribution in [0.2, 0.25) is 0 Å². The van der Waals surface area contributed by atoms with E-state index in [1.54, 1.807) is 0 Å². The van der Waals surface area contributed by atoms with Gasteiger partial charge in [-0.1, -0.05) is 13.8 Å². The van der Waals surface area contributed by atoms with Crippen molar-refractivity contribution in [3.05, 3.63) is 0 Å². The Labute approximate surface area is 151 Å². The largest absolute Gasteiger partial charge is 0.378 e. The summed E-state index contributed by atoms with van der Waals surface area (Å²) in [5.41, 5.74) is 0. The van der Waals surface area contributed by atoms with Gasteiger partial charge in [0.15, 0.2) is 5.96 Å². The lowest BCUT2D eigenvalue weighted by Gasteiger charge is -2.22. The maximum Gasteiger partial charge on any atom is 0.191 e. The van der Waals surface area contributed by atoms with E-state index in [4.69, 9.17) is 4.74 Å². The SMILES string of the molecule is CCOC(CCNC(=NC)NCC1CCCS1)C(C)C.I. The molecule has 1 rings (SSSR count). The van der Waals surface area contributed by atoms with Gasteiger partial charge in [-0.05, 0) is 37.9 Å². The molecule has 21 heavy (non-hydrogen) atoms. The van der Waals surface area contributed by atoms with E-state index in [0.29, 0.717) is 12.0 Å². The van der Waals surface area contributed by atoms with E-state index in [2.05, 4.69) is 48.2 Å². The molecule has 6 heteroatoms. The molecule has 4 nitrogen and oxygen atoms in total. The van der Waals surface area contributed by atoms with Gasteiger partial charge in [-0.15, -0.1) is 24.0 Å². The zero-order valence-corrected chi connectivity index (χ0v) is 17.0. The van der Waals surface area contributed by atoms with Gasteiger partial charge in [0, 0.05) is 32.0 Å². The lowest BCUT2D eigenvalue weighted by atomic mass is 10.0. The molecule has 0 aliphatic carbocycles. The monoisotopic (exact) mass is 429 g/mol. The van der Waals surface area contributed by atoms with Crippen molar-refractivity contribution < 1.29 is 4.74 Å². The summed E-state index contributed by atoms with van der Waals surface area (Å²) >= 11 is 2.07. The third kappa shape index (κ3) is 9.13. The number of ether oxygens (including phenoxy) is 1. The molecule has 1 aliphatic heterocycles. The summed E-state index contributed by atoms with van der Waals surface area (Å²) in [7, 11) is 1.83. The molecule has 1 saturated heterocycles. The highest BCUT2D eigenvalue weighted by atomic mass is 127. The first-order chi connectivity index (χ1) is 9.67. The molecule has 0 amide bonds. The van der Waals surface area contributed by atoms with E-state index < -0.39 is 0 Å². The molecule has 0 aromatic carbocycles. The molecule has 0 saturated carbocycles. The Morgan fingerprint density at radius 2 is 2.14 bits per heavy atom. The summed E-state index contributed by atoms with van der Waals surface area (Å²) < 4.78 is 5.76. The van der Waals surface area contributed by atoms with Crippen molar-refractivity contribution in [1.29, 1.82) is 0 Å². The Hall–Kier alpha value is 0.310. The second-order valence-corrected chi connectivity index (χ2v) is 6.95. The summed E-state index contributed by atoms with van der Waals surface area (Å²) in [6, 6.07) is 0. The normalized spacial score (nSPS) is 20.2. The van der Waals surface area contributed by atoms with Crippen LogP contribution < -0.4 is 10.6 Å². The fourth-order valence-corrected chi connectivity index (χ4v) is 3.59. The minimum atomic E-state index is 0. The Bertz CT molecular complexity index is 284. The van der Waals surface area contributed by atoms with E-state index >= 15 is 0 Å². The topological polar surface area (TPSA) is 45.6 Å². The van der Waals surface area contributed by atoms with Crippen molar-refractivity contribution in [1.82, 2.24) is 10.6 Å². The number of aliphatic imine (C=N–C) groups is 1. The maximum atomic E-state index is 5.76. The molecule has 2 unspecified atom stereocenters. The van der Waals surface area contributed by atoms with Crippen molar-refractivity contribution in [2.75, 3.05) is 32.5 Å². The summed E-state index contributed by atoms with van der Waals surface area (Å²) in [6.45, 7) is 9.19. The van der Waals surface area contributed by atoms with Crippen LogP contribution in [0.3, 0.4) is 0 Å². The first kappa shape index (κ1) is 21.3. The van der Waals surface area contributed by atoms with Crippen molar-refractivity contribution in [2.45, 2.75) is 51.4 Å². The van der Waals surface area contributed by atoms with Crippen LogP contribution in [0.5, 0.6) is 0 Å². The third-order valence-corrected chi connectivity index (χ3v) is 4.99. The number of thioether (sulfide) groups is 1. The van der Waals surface area contributed by atoms with Crippen molar-refractivity contribution >= 4 is 41.7 Å². The molecule has 1 fully saturated rings. The van der Waals surface area contributed by atoms with Gasteiger partial charge in [0.05, 0.1) is 6.10 Å². The van der Waals surface area contributed by atoms with E-state index in [1.807, 2.05) is 7.05 Å². The zero-order chi connectivity index (χ0) is 14.8. The Balaban J connectivity index is 0.00000400. The minimum Gasteiger partial charge on any atom is -0.378 e. The van der Waals surface area contributed by atoms with Crippen LogP contribution in [0.1, 0.15) is 40.0 Å². The van der Waals surface area contributed by atoms with Crippen LogP contribution in [-0.2, 0) is 4.74 Å². The Morgan fingerprint density at radius 3 is 2.67 bits per heavy atom. The second-order valence-electron chi connectivity index (χ2n) is 5.54. The fraction of sp³-hybridized carbons (Fsp3) is 0.933. The standard InChI is InChI=1S/C15H31N3OS.HI/c1-5-19-14(12(2)3)8-9-17-15(16-4)18-11-13-7-6-10-20-13;/h12-14H,5-11H2,1-4H3,(H2,16,17,18);1H. The molecule has 0 aromatic rings. The highest BCUT2D eigenvalue weighted by molar-refractivity contribution is 14.0. The smallest absolute Gasteiger partial charge is 0.191 e. The highest BCUT2D eigenvalue weighted by Crippen LogP contribution is 2.25. The molecule has 2 N–H and O–H groups in total. The number of halogens is 1. The minimum absolute atomic E-state index is 0. The molecule has 1 heterocycles. The van der Waals surface area contributed by atoms with E-state index in [1.165, 1.54) is 18.6 Å². The van der Waals surface area contributed by atoms with Gasteiger partial charge in [-0.3, -0.25) is 4.99 Å². The average molecular weight is 429 g/mol. The van der Waals surface area contributed by atoms with E-state index in [9.17, 15) is 0 Å². The molecular weight excluding hydrogens is 397 g/mol. The van der Waals surface area contributed by atoms with Crippen LogP contribution in [0.15, 0.2) is 4.99 Å². The number of rotatable bonds is 8. The number of nitrogens with zero attached hydrogens (tertiary/aromatic N) is 1. The number of hydrogen-bond acceptors (Lipinski definition) is 3. The van der Waals surface area contributed by atoms with Gasteiger partial charge < -0.3 is 15.4 Å². The van der Waals surface area contributed by atoms with Crippen molar-refractivity contribution in [3.8, 4) is 0 Å². The predicted molar refractivity (Wildman–Crippen MR) is 105 cm³/mol. The number of hydrogen-bond donors (Lipinski definition) is 2. The van der Waals surface area contributed by atoms with Gasteiger partial charge in [0.25, 0.3) is 0 Å². The van der Waals surface area contributed by atoms with Gasteiger partial charge in [0.2, 0.25) is 0 Å². The van der Waals surface area contributed by atoms with Crippen LogP contribution in [0.25, 0.3) is 0 Å². The average Bonchev–Trinajstić information content (AvgIpc) is 2.94. The van der Waals surface area contributed by atoms with Gasteiger partial charge in [-0.2, -0.15) is 11.8 Å². The van der Waals surface area contributed by atoms with E-state index in [0.717, 1.165) is 37.3 Å². The first-order valence-corrected chi connectivity index (χ1v) is 8.90. The molecule has 0 spiro atoms. The molecule has 0 bridgehead atoms.